The first-order valence-electron chi connectivity index (χ1n) is 11.3. The van der Waals surface area contributed by atoms with Crippen LogP contribution in [0.25, 0.3) is 11.1 Å². The maximum absolute atomic E-state index is 11.9. The second-order valence-electron chi connectivity index (χ2n) is 8.59. The lowest BCUT2D eigenvalue weighted by Gasteiger charge is -2.05. The van der Waals surface area contributed by atoms with Crippen LogP contribution >= 0.6 is 0 Å². The zero-order valence-corrected chi connectivity index (χ0v) is 19.7. The van der Waals surface area contributed by atoms with Crippen LogP contribution in [0.5, 0.6) is 0 Å². The van der Waals surface area contributed by atoms with Gasteiger partial charge in [0.15, 0.2) is 0 Å². The summed E-state index contributed by atoms with van der Waals surface area (Å²) < 4.78 is 0. The molecule has 192 valence electrons. The second-order valence-corrected chi connectivity index (χ2v) is 8.59. The van der Waals surface area contributed by atoms with Crippen LogP contribution in [-0.4, -0.2) is 25.4 Å². The first-order valence-corrected chi connectivity index (χ1v) is 11.3. The van der Waals surface area contributed by atoms with Gasteiger partial charge in [-0.3, -0.25) is 40.5 Å². The number of nitrogens with zero attached hydrogens (tertiary/aromatic N) is 5. The Labute approximate surface area is 218 Å². The molecule has 0 heterocycles. The minimum atomic E-state index is -0.887. The molecule has 1 aliphatic carbocycles. The third kappa shape index (κ3) is 4.55. The topological polar surface area (TPSA) is 185 Å². The lowest BCUT2D eigenvalue weighted by atomic mass is 10.0. The molecule has 0 radical (unpaired) electrons. The molecule has 5 rings (SSSR count). The summed E-state index contributed by atoms with van der Waals surface area (Å²) in [6.07, 6.45) is 0.639. The Balaban J connectivity index is 1.74. The van der Waals surface area contributed by atoms with Crippen molar-refractivity contribution in [3.8, 4) is 11.1 Å². The van der Waals surface area contributed by atoms with Crippen molar-refractivity contribution < 1.29 is 19.7 Å². The van der Waals surface area contributed by atoms with Gasteiger partial charge >= 0.3 is 0 Å². The molecule has 0 saturated heterocycles. The summed E-state index contributed by atoms with van der Waals surface area (Å²) in [5.41, 5.74) is -1.22. The van der Waals surface area contributed by atoms with Gasteiger partial charge in [-0.15, -0.1) is 0 Å². The molecule has 4 aromatic rings. The second kappa shape index (κ2) is 9.55. The number of aliphatic imine (C=N–C) groups is 1. The molecule has 0 aromatic heterocycles. The van der Waals surface area contributed by atoms with Gasteiger partial charge in [-0.1, -0.05) is 42.5 Å². The van der Waals surface area contributed by atoms with Crippen LogP contribution in [-0.2, 0) is 6.42 Å². The van der Waals surface area contributed by atoms with Gasteiger partial charge in [-0.25, -0.2) is 4.99 Å². The van der Waals surface area contributed by atoms with Crippen molar-refractivity contribution in [3.63, 3.8) is 0 Å². The highest BCUT2D eigenvalue weighted by molar-refractivity contribution is 6.28. The molecule has 13 nitrogen and oxygen atoms in total. The fourth-order valence-corrected chi connectivity index (χ4v) is 4.54. The molecule has 1 aliphatic rings. The molecular formula is C26H15N5O8. The highest BCUT2D eigenvalue weighted by atomic mass is 16.6. The van der Waals surface area contributed by atoms with Gasteiger partial charge in [0, 0.05) is 23.3 Å². The van der Waals surface area contributed by atoms with E-state index in [2.05, 4.69) is 4.99 Å². The third-order valence-corrected chi connectivity index (χ3v) is 6.21. The van der Waals surface area contributed by atoms with E-state index in [1.54, 1.807) is 24.3 Å². The maximum Gasteiger partial charge on any atom is 0.285 e. The Bertz CT molecular complexity index is 1650. The molecule has 0 bridgehead atoms. The van der Waals surface area contributed by atoms with Gasteiger partial charge in [0.1, 0.15) is 0 Å². The van der Waals surface area contributed by atoms with Crippen LogP contribution in [0.1, 0.15) is 22.3 Å². The number of benzene rings is 4. The Morgan fingerprint density at radius 1 is 0.564 bits per heavy atom. The predicted octanol–water partition coefficient (Wildman–Crippen LogP) is 6.06. The number of fused-ring (bicyclic) bond motifs is 3. The van der Waals surface area contributed by atoms with E-state index in [1.165, 1.54) is 0 Å². The number of hydrogen-bond acceptors (Lipinski definition) is 9. The summed E-state index contributed by atoms with van der Waals surface area (Å²) in [6.45, 7) is 0. The molecule has 13 heteroatoms. The van der Waals surface area contributed by atoms with E-state index in [4.69, 9.17) is 0 Å². The van der Waals surface area contributed by atoms with Crippen LogP contribution in [0.3, 0.4) is 0 Å². The zero-order chi connectivity index (χ0) is 27.8. The van der Waals surface area contributed by atoms with E-state index in [1.807, 2.05) is 30.3 Å². The van der Waals surface area contributed by atoms with E-state index in [0.717, 1.165) is 23.3 Å². The molecular weight excluding hydrogens is 510 g/mol. The normalized spacial score (nSPS) is 11.4. The highest BCUT2D eigenvalue weighted by Gasteiger charge is 2.41. The van der Waals surface area contributed by atoms with Crippen molar-refractivity contribution >= 4 is 34.1 Å². The lowest BCUT2D eigenvalue weighted by molar-refractivity contribution is -0.395. The van der Waals surface area contributed by atoms with Crippen molar-refractivity contribution in [1.29, 1.82) is 0 Å². The third-order valence-electron chi connectivity index (χ3n) is 6.21. The average Bonchev–Trinajstić information content (AvgIpc) is 3.22. The summed E-state index contributed by atoms with van der Waals surface area (Å²) >= 11 is 0. The fraction of sp³-hybridized carbons (Fsp3) is 0.0385. The van der Waals surface area contributed by atoms with Crippen LogP contribution in [0.4, 0.5) is 28.4 Å². The van der Waals surface area contributed by atoms with Gasteiger partial charge in [0.2, 0.25) is 0 Å². The van der Waals surface area contributed by atoms with E-state index in [0.29, 0.717) is 24.2 Å². The number of nitro groups is 4. The first kappa shape index (κ1) is 24.8. The van der Waals surface area contributed by atoms with Crippen molar-refractivity contribution in [2.75, 3.05) is 0 Å². The molecule has 39 heavy (non-hydrogen) atoms. The Hall–Kier alpha value is -5.85. The van der Waals surface area contributed by atoms with Gasteiger partial charge < -0.3 is 0 Å². The van der Waals surface area contributed by atoms with Crippen molar-refractivity contribution in [1.82, 2.24) is 0 Å². The quantitative estimate of drug-likeness (QED) is 0.181. The molecule has 0 aliphatic heterocycles. The fourth-order valence-electron chi connectivity index (χ4n) is 4.54. The largest absolute Gasteiger partial charge is 0.285 e. The molecule has 4 aromatic carbocycles. The summed E-state index contributed by atoms with van der Waals surface area (Å²) in [7, 11) is 0. The number of nitro benzene ring substituents is 4. The first-order chi connectivity index (χ1) is 18.6. The van der Waals surface area contributed by atoms with Gasteiger partial charge in [-0.05, 0) is 29.7 Å². The van der Waals surface area contributed by atoms with E-state index in [-0.39, 0.29) is 28.0 Å². The lowest BCUT2D eigenvalue weighted by Crippen LogP contribution is -2.02. The van der Waals surface area contributed by atoms with Crippen LogP contribution in [0.15, 0.2) is 83.9 Å². The smallest absolute Gasteiger partial charge is 0.258 e. The Morgan fingerprint density at radius 2 is 1.03 bits per heavy atom. The minimum Gasteiger partial charge on any atom is -0.258 e. The van der Waals surface area contributed by atoms with Crippen molar-refractivity contribution in [2.45, 2.75) is 6.42 Å². The standard InChI is InChI=1S/C26H15N5O8/c32-28(33)18-11-20-24(22(13-18)30(36)37)25-21(12-19(29(34)35)14-23(25)31(38)39)26(20)27-17-8-6-16(7-9-17)10-15-4-2-1-3-5-15/h1-9,11-14H,10H2. The minimum absolute atomic E-state index is 0.0885. The summed E-state index contributed by atoms with van der Waals surface area (Å²) in [5, 5.41) is 47.0. The SMILES string of the molecule is O=[N+]([O-])c1cc2c(c([N+](=O)[O-])c1)-c1c(cc([N+](=O)[O-])cc1[N+](=O)[O-])C2=Nc1ccc(Cc2ccccc2)cc1. The zero-order valence-electron chi connectivity index (χ0n) is 19.7. The summed E-state index contributed by atoms with van der Waals surface area (Å²) in [4.78, 5) is 48.1. The van der Waals surface area contributed by atoms with Crippen LogP contribution in [0, 0.1) is 40.5 Å². The Morgan fingerprint density at radius 3 is 1.46 bits per heavy atom. The van der Waals surface area contributed by atoms with Crippen molar-refractivity contribution in [3.05, 3.63) is 142 Å². The van der Waals surface area contributed by atoms with E-state index >= 15 is 0 Å². The average molecular weight is 525 g/mol. The van der Waals surface area contributed by atoms with E-state index < -0.39 is 42.4 Å². The highest BCUT2D eigenvalue weighted by Crippen LogP contribution is 2.50. The summed E-state index contributed by atoms with van der Waals surface area (Å²) in [6, 6.07) is 20.1. The van der Waals surface area contributed by atoms with Gasteiger partial charge in [-0.2, -0.15) is 0 Å². The molecule has 0 spiro atoms. The maximum atomic E-state index is 11.9. The molecule has 0 atom stereocenters. The number of rotatable bonds is 7. The molecule has 0 unspecified atom stereocenters. The number of non-ortho nitro benzene ring substituents is 2. The molecule has 0 amide bonds. The predicted molar refractivity (Wildman–Crippen MR) is 139 cm³/mol. The van der Waals surface area contributed by atoms with Gasteiger partial charge in [0.25, 0.3) is 22.7 Å². The van der Waals surface area contributed by atoms with Crippen LogP contribution < -0.4 is 0 Å². The monoisotopic (exact) mass is 525 g/mol. The van der Waals surface area contributed by atoms with E-state index in [9.17, 15) is 40.5 Å². The van der Waals surface area contributed by atoms with Gasteiger partial charge in [0.05, 0.1) is 54.4 Å². The summed E-state index contributed by atoms with van der Waals surface area (Å²) in [5.74, 6) is 0. The molecule has 0 N–H and O–H groups in total. The van der Waals surface area contributed by atoms with Crippen molar-refractivity contribution in [2.24, 2.45) is 4.99 Å². The Kier molecular flexibility index (Phi) is 6.08. The number of hydrogen-bond donors (Lipinski definition) is 0. The molecule has 0 saturated carbocycles. The molecule has 0 fully saturated rings. The van der Waals surface area contributed by atoms with Crippen LogP contribution in [0.2, 0.25) is 0 Å².